The van der Waals surface area contributed by atoms with Gasteiger partial charge in [-0.25, -0.2) is 0 Å². The van der Waals surface area contributed by atoms with Crippen LogP contribution in [0, 0.1) is 0 Å². The monoisotopic (exact) mass is 349 g/mol. The van der Waals surface area contributed by atoms with Gasteiger partial charge in [-0.05, 0) is 36.6 Å². The van der Waals surface area contributed by atoms with Crippen molar-refractivity contribution in [3.8, 4) is 0 Å². The minimum Gasteiger partial charge on any atom is -0.381 e. The van der Waals surface area contributed by atoms with Crippen LogP contribution in [-0.4, -0.2) is 55.7 Å². The van der Waals surface area contributed by atoms with Gasteiger partial charge in [0.15, 0.2) is 5.96 Å². The highest BCUT2D eigenvalue weighted by atomic mass is 32.2. The number of aryl methyl sites for hydroxylation is 1. The number of hydrogen-bond acceptors (Lipinski definition) is 3. The van der Waals surface area contributed by atoms with Crippen molar-refractivity contribution in [1.29, 1.82) is 0 Å². The Bertz CT molecular complexity index is 524. The molecule has 1 fully saturated rings. The SMILES string of the molecule is CCc1ccc(CN(C)C(=NC)NCC2(SC)CCOCC2)cc1. The molecule has 1 aliphatic rings. The third kappa shape index (κ3) is 5.15. The van der Waals surface area contributed by atoms with Crippen LogP contribution in [0.5, 0.6) is 0 Å². The van der Waals surface area contributed by atoms with Crippen molar-refractivity contribution in [1.82, 2.24) is 10.2 Å². The van der Waals surface area contributed by atoms with Crippen molar-refractivity contribution in [2.24, 2.45) is 4.99 Å². The van der Waals surface area contributed by atoms with E-state index in [9.17, 15) is 0 Å². The standard InChI is InChI=1S/C19H31N3OS/c1-5-16-6-8-17(9-7-16)14-22(3)18(20-2)21-15-19(24-4)10-12-23-13-11-19/h6-9H,5,10-15H2,1-4H3,(H,20,21). The van der Waals surface area contributed by atoms with Crippen LogP contribution in [0.25, 0.3) is 0 Å². The maximum atomic E-state index is 5.52. The predicted molar refractivity (Wildman–Crippen MR) is 105 cm³/mol. The molecule has 24 heavy (non-hydrogen) atoms. The van der Waals surface area contributed by atoms with E-state index in [-0.39, 0.29) is 4.75 Å². The summed E-state index contributed by atoms with van der Waals surface area (Å²) in [4.78, 5) is 6.65. The second-order valence-electron chi connectivity index (χ2n) is 6.43. The molecule has 0 unspecified atom stereocenters. The molecule has 2 rings (SSSR count). The average Bonchev–Trinajstić information content (AvgIpc) is 2.63. The summed E-state index contributed by atoms with van der Waals surface area (Å²) in [6, 6.07) is 8.85. The number of nitrogens with one attached hydrogen (secondary N) is 1. The number of ether oxygens (including phenoxy) is 1. The lowest BCUT2D eigenvalue weighted by atomic mass is 9.99. The average molecular weight is 350 g/mol. The summed E-state index contributed by atoms with van der Waals surface area (Å²) in [5.41, 5.74) is 2.69. The number of rotatable bonds is 6. The van der Waals surface area contributed by atoms with Crippen molar-refractivity contribution < 1.29 is 4.74 Å². The second kappa shape index (κ2) is 9.33. The predicted octanol–water partition coefficient (Wildman–Crippen LogP) is 3.17. The van der Waals surface area contributed by atoms with Gasteiger partial charge >= 0.3 is 0 Å². The second-order valence-corrected chi connectivity index (χ2v) is 7.70. The number of nitrogens with zero attached hydrogens (tertiary/aromatic N) is 2. The van der Waals surface area contributed by atoms with Gasteiger partial charge in [0, 0.05) is 45.1 Å². The van der Waals surface area contributed by atoms with Gasteiger partial charge in [-0.3, -0.25) is 4.99 Å². The van der Waals surface area contributed by atoms with Gasteiger partial charge in [-0.2, -0.15) is 11.8 Å². The van der Waals surface area contributed by atoms with E-state index in [0.717, 1.165) is 51.5 Å². The van der Waals surface area contributed by atoms with Gasteiger partial charge in [0.1, 0.15) is 0 Å². The summed E-state index contributed by atoms with van der Waals surface area (Å²) >= 11 is 1.95. The molecule has 5 heteroatoms. The van der Waals surface area contributed by atoms with E-state index in [4.69, 9.17) is 4.74 Å². The van der Waals surface area contributed by atoms with Crippen molar-refractivity contribution in [2.75, 3.05) is 40.1 Å². The molecule has 0 spiro atoms. The first-order valence-corrected chi connectivity index (χ1v) is 9.97. The van der Waals surface area contributed by atoms with E-state index in [1.165, 1.54) is 11.1 Å². The van der Waals surface area contributed by atoms with Crippen LogP contribution in [-0.2, 0) is 17.7 Å². The van der Waals surface area contributed by atoms with Crippen LogP contribution in [0.3, 0.4) is 0 Å². The zero-order valence-electron chi connectivity index (χ0n) is 15.5. The number of benzene rings is 1. The Morgan fingerprint density at radius 3 is 2.42 bits per heavy atom. The molecule has 0 saturated carbocycles. The van der Waals surface area contributed by atoms with E-state index in [1.54, 1.807) is 0 Å². The zero-order valence-corrected chi connectivity index (χ0v) is 16.3. The minimum absolute atomic E-state index is 0.262. The highest BCUT2D eigenvalue weighted by Crippen LogP contribution is 2.33. The van der Waals surface area contributed by atoms with Crippen LogP contribution < -0.4 is 5.32 Å². The Morgan fingerprint density at radius 2 is 1.88 bits per heavy atom. The van der Waals surface area contributed by atoms with Crippen molar-refractivity contribution >= 4 is 17.7 Å². The lowest BCUT2D eigenvalue weighted by Crippen LogP contribution is -2.48. The highest BCUT2D eigenvalue weighted by Gasteiger charge is 2.32. The van der Waals surface area contributed by atoms with Crippen LogP contribution in [0.4, 0.5) is 0 Å². The Labute approximate surface area is 151 Å². The molecule has 1 heterocycles. The van der Waals surface area contributed by atoms with Gasteiger partial charge in [0.25, 0.3) is 0 Å². The van der Waals surface area contributed by atoms with Crippen LogP contribution in [0.1, 0.15) is 30.9 Å². The zero-order chi connectivity index (χ0) is 17.4. The van der Waals surface area contributed by atoms with E-state index in [0.29, 0.717) is 0 Å². The number of aliphatic imine (C=N–C) groups is 1. The quantitative estimate of drug-likeness (QED) is 0.632. The molecule has 1 aromatic carbocycles. The summed E-state index contributed by atoms with van der Waals surface area (Å²) in [6.07, 6.45) is 5.48. The van der Waals surface area contributed by atoms with Gasteiger partial charge in [0.2, 0.25) is 0 Å². The molecule has 0 atom stereocenters. The largest absolute Gasteiger partial charge is 0.381 e. The van der Waals surface area contributed by atoms with Gasteiger partial charge in [0.05, 0.1) is 0 Å². The first-order chi connectivity index (χ1) is 11.6. The molecule has 0 aromatic heterocycles. The number of thioether (sulfide) groups is 1. The highest BCUT2D eigenvalue weighted by molar-refractivity contribution is 8.00. The molecule has 0 amide bonds. The molecule has 0 radical (unpaired) electrons. The first-order valence-electron chi connectivity index (χ1n) is 8.75. The summed E-state index contributed by atoms with van der Waals surface area (Å²) in [5.74, 6) is 0.953. The van der Waals surface area contributed by atoms with Crippen LogP contribution >= 0.6 is 11.8 Å². The fourth-order valence-electron chi connectivity index (χ4n) is 3.05. The van der Waals surface area contributed by atoms with E-state index in [1.807, 2.05) is 18.8 Å². The van der Waals surface area contributed by atoms with Crippen molar-refractivity contribution in [3.63, 3.8) is 0 Å². The molecule has 1 saturated heterocycles. The maximum absolute atomic E-state index is 5.52. The molecule has 1 aliphatic heterocycles. The Morgan fingerprint density at radius 1 is 1.25 bits per heavy atom. The Balaban J connectivity index is 1.92. The number of hydrogen-bond donors (Lipinski definition) is 1. The minimum atomic E-state index is 0.262. The first kappa shape index (κ1) is 19.1. The number of guanidine groups is 1. The van der Waals surface area contributed by atoms with Crippen LogP contribution in [0.2, 0.25) is 0 Å². The summed E-state index contributed by atoms with van der Waals surface area (Å²) < 4.78 is 5.78. The summed E-state index contributed by atoms with van der Waals surface area (Å²) in [5, 5.41) is 3.57. The lowest BCUT2D eigenvalue weighted by Gasteiger charge is -2.37. The van der Waals surface area contributed by atoms with E-state index in [2.05, 4.69) is 59.7 Å². The fourth-order valence-corrected chi connectivity index (χ4v) is 3.84. The molecular formula is C19H31N3OS. The fraction of sp³-hybridized carbons (Fsp3) is 0.632. The smallest absolute Gasteiger partial charge is 0.193 e. The molecule has 4 nitrogen and oxygen atoms in total. The third-order valence-corrected chi connectivity index (χ3v) is 6.25. The Kier molecular flexibility index (Phi) is 7.43. The van der Waals surface area contributed by atoms with Gasteiger partial charge < -0.3 is 15.0 Å². The molecule has 0 bridgehead atoms. The maximum Gasteiger partial charge on any atom is 0.193 e. The summed E-state index contributed by atoms with van der Waals surface area (Å²) in [7, 11) is 3.95. The van der Waals surface area contributed by atoms with Gasteiger partial charge in [-0.15, -0.1) is 0 Å². The summed E-state index contributed by atoms with van der Waals surface area (Å²) in [6.45, 7) is 5.70. The molecule has 134 valence electrons. The van der Waals surface area contributed by atoms with Gasteiger partial charge in [-0.1, -0.05) is 31.2 Å². The normalized spacial score (nSPS) is 17.6. The van der Waals surface area contributed by atoms with Crippen molar-refractivity contribution in [3.05, 3.63) is 35.4 Å². The molecular weight excluding hydrogens is 318 g/mol. The lowest BCUT2D eigenvalue weighted by molar-refractivity contribution is 0.0781. The van der Waals surface area contributed by atoms with E-state index >= 15 is 0 Å². The van der Waals surface area contributed by atoms with Crippen LogP contribution in [0.15, 0.2) is 29.3 Å². The molecule has 1 N–H and O–H groups in total. The topological polar surface area (TPSA) is 36.9 Å². The third-order valence-electron chi connectivity index (χ3n) is 4.83. The van der Waals surface area contributed by atoms with E-state index < -0.39 is 0 Å². The van der Waals surface area contributed by atoms with Crippen molar-refractivity contribution in [2.45, 2.75) is 37.5 Å². The molecule has 1 aromatic rings. The Hall–Kier alpha value is -1.20. The molecule has 0 aliphatic carbocycles.